The summed E-state index contributed by atoms with van der Waals surface area (Å²) in [7, 11) is 0. The van der Waals surface area contributed by atoms with E-state index < -0.39 is 0 Å². The Bertz CT molecular complexity index is 977. The van der Waals surface area contributed by atoms with Gasteiger partial charge in [-0.3, -0.25) is 4.79 Å². The van der Waals surface area contributed by atoms with Gasteiger partial charge in [-0.05, 0) is 48.0 Å². The fourth-order valence-corrected chi connectivity index (χ4v) is 5.02. The van der Waals surface area contributed by atoms with Crippen molar-refractivity contribution in [1.29, 1.82) is 0 Å². The first-order valence-electron chi connectivity index (χ1n) is 11.8. The largest absolute Gasteiger partial charge is 0.289 e. The first-order valence-corrected chi connectivity index (χ1v) is 11.8. The molecule has 3 aliphatic carbocycles. The van der Waals surface area contributed by atoms with Gasteiger partial charge in [-0.15, -0.1) is 0 Å². The molecule has 0 heterocycles. The molecule has 0 radical (unpaired) electrons. The normalized spacial score (nSPS) is 18.3. The molecule has 0 atom stereocenters. The monoisotopic (exact) mass is 410 g/mol. The molecule has 160 valence electrons. The average molecular weight is 411 g/mol. The highest BCUT2D eigenvalue weighted by Gasteiger charge is 2.49. The van der Waals surface area contributed by atoms with Crippen LogP contribution >= 0.6 is 0 Å². The molecule has 31 heavy (non-hydrogen) atoms. The van der Waals surface area contributed by atoms with Crippen LogP contribution in [-0.4, -0.2) is 5.78 Å². The maximum Gasteiger partial charge on any atom is 0.193 e. The van der Waals surface area contributed by atoms with Crippen LogP contribution in [0.15, 0.2) is 107 Å². The van der Waals surface area contributed by atoms with Crippen molar-refractivity contribution >= 4 is 5.78 Å². The van der Waals surface area contributed by atoms with Gasteiger partial charge in [-0.2, -0.15) is 0 Å². The van der Waals surface area contributed by atoms with Crippen LogP contribution in [0.1, 0.15) is 64.5 Å². The van der Waals surface area contributed by atoms with E-state index in [1.54, 1.807) is 0 Å². The predicted octanol–water partition coefficient (Wildman–Crippen LogP) is 7.90. The minimum Gasteiger partial charge on any atom is -0.289 e. The standard InChI is InChI=1S/C26H22O.2C2H6/c27-25-21-15-7-9-17-23(21)26(19-11-3-1-4-12-19,20-13-5-2-6-14-20)24-18-10-8-16-22(24)25;2*1-2/h1-7,11-16,18H,8-10,17H2;2*1-2H3. The molecule has 1 nitrogen and oxygen atoms in total. The summed E-state index contributed by atoms with van der Waals surface area (Å²) < 4.78 is 0. The van der Waals surface area contributed by atoms with E-state index in [2.05, 4.69) is 85.0 Å². The molecule has 1 heteroatoms. The topological polar surface area (TPSA) is 17.1 Å². The molecule has 2 aromatic rings. The van der Waals surface area contributed by atoms with Gasteiger partial charge >= 0.3 is 0 Å². The minimum absolute atomic E-state index is 0.203. The Kier molecular flexibility index (Phi) is 7.63. The van der Waals surface area contributed by atoms with Crippen molar-refractivity contribution in [1.82, 2.24) is 0 Å². The van der Waals surface area contributed by atoms with Crippen LogP contribution < -0.4 is 0 Å². The number of Topliss-reactive ketones (excluding diaryl/α,β-unsaturated/α-hetero) is 1. The van der Waals surface area contributed by atoms with E-state index in [0.29, 0.717) is 0 Å². The van der Waals surface area contributed by atoms with Crippen molar-refractivity contribution in [2.45, 2.75) is 58.8 Å². The Labute approximate surface area is 187 Å². The van der Waals surface area contributed by atoms with E-state index in [1.165, 1.54) is 22.3 Å². The van der Waals surface area contributed by atoms with E-state index in [4.69, 9.17) is 0 Å². The summed E-state index contributed by atoms with van der Waals surface area (Å²) in [6.45, 7) is 8.00. The third kappa shape index (κ3) is 3.78. The number of ketones is 1. The Morgan fingerprint density at radius 2 is 1.26 bits per heavy atom. The molecule has 0 aromatic heterocycles. The zero-order chi connectivity index (χ0) is 22.3. The smallest absolute Gasteiger partial charge is 0.193 e. The summed E-state index contributed by atoms with van der Waals surface area (Å²) in [5, 5.41) is 0. The summed E-state index contributed by atoms with van der Waals surface area (Å²) in [4.78, 5) is 13.3. The fraction of sp³-hybridized carbons (Fsp3) is 0.300. The van der Waals surface area contributed by atoms with Gasteiger partial charge in [0.25, 0.3) is 0 Å². The molecule has 0 unspecified atom stereocenters. The summed E-state index contributed by atoms with van der Waals surface area (Å²) in [6.07, 6.45) is 12.5. The van der Waals surface area contributed by atoms with E-state index in [1.807, 2.05) is 27.7 Å². The lowest BCUT2D eigenvalue weighted by molar-refractivity contribution is -0.112. The molecule has 3 aliphatic rings. The van der Waals surface area contributed by atoms with Crippen molar-refractivity contribution in [2.24, 2.45) is 0 Å². The van der Waals surface area contributed by atoms with Gasteiger partial charge in [0.05, 0.1) is 5.41 Å². The first kappa shape index (κ1) is 22.7. The van der Waals surface area contributed by atoms with Crippen LogP contribution in [0.2, 0.25) is 0 Å². The molecule has 0 amide bonds. The number of hydrogen-bond donors (Lipinski definition) is 0. The number of carbonyl (C=O) groups excluding carboxylic acids is 1. The summed E-state index contributed by atoms with van der Waals surface area (Å²) >= 11 is 0. The molecule has 0 saturated carbocycles. The molecule has 0 fully saturated rings. The second-order valence-electron chi connectivity index (χ2n) is 7.46. The van der Waals surface area contributed by atoms with Crippen LogP contribution in [0.5, 0.6) is 0 Å². The number of carbonyl (C=O) groups is 1. The zero-order valence-corrected chi connectivity index (χ0v) is 19.3. The minimum atomic E-state index is -0.372. The molecule has 0 spiro atoms. The second-order valence-corrected chi connectivity index (χ2v) is 7.46. The third-order valence-corrected chi connectivity index (χ3v) is 6.08. The molecule has 5 rings (SSSR count). The van der Waals surface area contributed by atoms with E-state index in [0.717, 1.165) is 36.8 Å². The maximum absolute atomic E-state index is 13.3. The molecular formula is C30H34O. The van der Waals surface area contributed by atoms with Gasteiger partial charge in [0.1, 0.15) is 0 Å². The van der Waals surface area contributed by atoms with Crippen molar-refractivity contribution in [3.63, 3.8) is 0 Å². The highest BCUT2D eigenvalue weighted by molar-refractivity contribution is 6.16. The van der Waals surface area contributed by atoms with Crippen LogP contribution in [0.4, 0.5) is 0 Å². The first-order chi connectivity index (χ1) is 15.3. The highest BCUT2D eigenvalue weighted by Crippen LogP contribution is 2.55. The van der Waals surface area contributed by atoms with Crippen molar-refractivity contribution in [3.05, 3.63) is 118 Å². The second kappa shape index (κ2) is 10.4. The van der Waals surface area contributed by atoms with Crippen LogP contribution in [0, 0.1) is 0 Å². The molecule has 0 saturated heterocycles. The van der Waals surface area contributed by atoms with Gasteiger partial charge < -0.3 is 0 Å². The van der Waals surface area contributed by atoms with Crippen LogP contribution in [-0.2, 0) is 10.2 Å². The molecule has 0 aliphatic heterocycles. The fourth-order valence-electron chi connectivity index (χ4n) is 5.02. The third-order valence-electron chi connectivity index (χ3n) is 6.08. The van der Waals surface area contributed by atoms with E-state index >= 15 is 0 Å². The van der Waals surface area contributed by atoms with Crippen molar-refractivity contribution < 1.29 is 4.79 Å². The lowest BCUT2D eigenvalue weighted by Crippen LogP contribution is -2.41. The van der Waals surface area contributed by atoms with E-state index in [9.17, 15) is 4.79 Å². The molecular weight excluding hydrogens is 376 g/mol. The SMILES string of the molecule is CC.CC.O=C1C2=CCCC=C2C(c2ccccc2)(c2ccccc2)C2=C1C=CCC2. The zero-order valence-electron chi connectivity index (χ0n) is 19.3. The molecule has 0 bridgehead atoms. The lowest BCUT2D eigenvalue weighted by Gasteiger charge is -2.46. The average Bonchev–Trinajstić information content (AvgIpc) is 2.88. The maximum atomic E-state index is 13.3. The summed E-state index contributed by atoms with van der Waals surface area (Å²) in [5.41, 5.74) is 6.39. The van der Waals surface area contributed by atoms with Gasteiger partial charge in [0.2, 0.25) is 0 Å². The van der Waals surface area contributed by atoms with Crippen LogP contribution in [0.25, 0.3) is 0 Å². The lowest BCUT2D eigenvalue weighted by atomic mass is 9.55. The number of allylic oxidation sites excluding steroid dienone is 8. The Balaban J connectivity index is 0.000000645. The van der Waals surface area contributed by atoms with Crippen molar-refractivity contribution in [2.75, 3.05) is 0 Å². The molecule has 0 N–H and O–H groups in total. The van der Waals surface area contributed by atoms with Crippen LogP contribution in [0.3, 0.4) is 0 Å². The Hall–Kier alpha value is -2.93. The number of fused-ring (bicyclic) bond motifs is 1. The van der Waals surface area contributed by atoms with Gasteiger partial charge in [-0.1, -0.05) is 113 Å². The summed E-state index contributed by atoms with van der Waals surface area (Å²) in [5.74, 6) is 0.203. The van der Waals surface area contributed by atoms with Gasteiger partial charge in [-0.25, -0.2) is 0 Å². The van der Waals surface area contributed by atoms with E-state index in [-0.39, 0.29) is 11.2 Å². The van der Waals surface area contributed by atoms with Gasteiger partial charge in [0.15, 0.2) is 5.78 Å². The summed E-state index contributed by atoms with van der Waals surface area (Å²) in [6, 6.07) is 21.5. The number of hydrogen-bond acceptors (Lipinski definition) is 1. The van der Waals surface area contributed by atoms with Gasteiger partial charge in [0, 0.05) is 11.1 Å². The highest BCUT2D eigenvalue weighted by atomic mass is 16.1. The Morgan fingerprint density at radius 1 is 0.710 bits per heavy atom. The van der Waals surface area contributed by atoms with Crippen molar-refractivity contribution in [3.8, 4) is 0 Å². The predicted molar refractivity (Wildman–Crippen MR) is 132 cm³/mol. The number of benzene rings is 2. The Morgan fingerprint density at radius 3 is 1.84 bits per heavy atom. The number of rotatable bonds is 2. The molecule has 2 aromatic carbocycles. The quantitative estimate of drug-likeness (QED) is 0.492.